The highest BCUT2D eigenvalue weighted by molar-refractivity contribution is 7.99. The van der Waals surface area contributed by atoms with Crippen molar-refractivity contribution in [3.05, 3.63) is 53.8 Å². The summed E-state index contributed by atoms with van der Waals surface area (Å²) in [4.78, 5) is 12.3. The molecule has 0 heterocycles. The molecule has 1 atom stereocenters. The Hall–Kier alpha value is -1.85. The molecule has 0 saturated heterocycles. The lowest BCUT2D eigenvalue weighted by Gasteiger charge is -2.08. The molecular formula is C16H16FNO2S. The third kappa shape index (κ3) is 4.31. The number of nitrogens with one attached hydrogen (secondary N) is 1. The maximum atomic E-state index is 14.0. The Kier molecular flexibility index (Phi) is 4.98. The number of halogens is 1. The Balaban J connectivity index is 2.13. The monoisotopic (exact) mass is 305 g/mol. The molecule has 0 unspecified atom stereocenters. The van der Waals surface area contributed by atoms with Gasteiger partial charge in [-0.25, -0.2) is 4.39 Å². The highest BCUT2D eigenvalue weighted by atomic mass is 32.2. The summed E-state index contributed by atoms with van der Waals surface area (Å²) in [6, 6.07) is 11.9. The van der Waals surface area contributed by atoms with E-state index in [1.165, 1.54) is 24.8 Å². The number of hydrogen-bond donors (Lipinski definition) is 2. The van der Waals surface area contributed by atoms with Crippen LogP contribution in [0.5, 0.6) is 0 Å². The van der Waals surface area contributed by atoms with Gasteiger partial charge in [-0.3, -0.25) is 4.79 Å². The van der Waals surface area contributed by atoms with Crippen molar-refractivity contribution in [2.45, 2.75) is 29.7 Å². The summed E-state index contributed by atoms with van der Waals surface area (Å²) in [6.45, 7) is 3.05. The van der Waals surface area contributed by atoms with Crippen LogP contribution in [0, 0.1) is 5.82 Å². The number of rotatable bonds is 4. The molecule has 1 amide bonds. The highest BCUT2D eigenvalue weighted by Crippen LogP contribution is 2.31. The molecule has 0 spiro atoms. The number of benzene rings is 2. The summed E-state index contributed by atoms with van der Waals surface area (Å²) < 4.78 is 14.0. The Morgan fingerprint density at radius 2 is 1.90 bits per heavy atom. The normalized spacial score (nSPS) is 12.0. The quantitative estimate of drug-likeness (QED) is 0.898. The lowest BCUT2D eigenvalue weighted by atomic mass is 10.1. The molecular weight excluding hydrogens is 289 g/mol. The number of carbonyl (C=O) groups is 1. The Morgan fingerprint density at radius 3 is 2.43 bits per heavy atom. The first-order valence-electron chi connectivity index (χ1n) is 6.48. The first-order valence-corrected chi connectivity index (χ1v) is 7.30. The highest BCUT2D eigenvalue weighted by Gasteiger charge is 2.08. The number of anilines is 1. The number of carbonyl (C=O) groups excluding carboxylic acids is 1. The predicted molar refractivity (Wildman–Crippen MR) is 81.9 cm³/mol. The third-order valence-corrected chi connectivity index (χ3v) is 3.90. The largest absolute Gasteiger partial charge is 0.389 e. The van der Waals surface area contributed by atoms with Gasteiger partial charge in [-0.1, -0.05) is 17.8 Å². The van der Waals surface area contributed by atoms with Crippen LogP contribution >= 0.6 is 11.8 Å². The van der Waals surface area contributed by atoms with Gasteiger partial charge >= 0.3 is 0 Å². The molecule has 0 aliphatic carbocycles. The molecule has 110 valence electrons. The van der Waals surface area contributed by atoms with Gasteiger partial charge in [0.1, 0.15) is 5.82 Å². The van der Waals surface area contributed by atoms with Gasteiger partial charge in [0.15, 0.2) is 0 Å². The van der Waals surface area contributed by atoms with Crippen molar-refractivity contribution in [3.8, 4) is 0 Å². The first kappa shape index (κ1) is 15.5. The van der Waals surface area contributed by atoms with Crippen LogP contribution in [0.3, 0.4) is 0 Å². The molecule has 2 N–H and O–H groups in total. The predicted octanol–water partition coefficient (Wildman–Crippen LogP) is 3.99. The summed E-state index contributed by atoms with van der Waals surface area (Å²) in [5.74, 6) is -0.487. The van der Waals surface area contributed by atoms with Gasteiger partial charge in [-0.05, 0) is 48.9 Å². The fourth-order valence-corrected chi connectivity index (χ4v) is 2.61. The lowest BCUT2D eigenvalue weighted by Crippen LogP contribution is -2.05. The molecule has 2 aromatic carbocycles. The van der Waals surface area contributed by atoms with Gasteiger partial charge in [0.25, 0.3) is 0 Å². The van der Waals surface area contributed by atoms with E-state index in [9.17, 15) is 14.3 Å². The summed E-state index contributed by atoms with van der Waals surface area (Å²) >= 11 is 1.29. The second kappa shape index (κ2) is 6.74. The summed E-state index contributed by atoms with van der Waals surface area (Å²) in [5.41, 5.74) is 1.26. The van der Waals surface area contributed by atoms with Gasteiger partial charge in [0.2, 0.25) is 5.91 Å². The van der Waals surface area contributed by atoms with Crippen molar-refractivity contribution in [1.29, 1.82) is 0 Å². The zero-order valence-electron chi connectivity index (χ0n) is 11.8. The molecule has 5 heteroatoms. The van der Waals surface area contributed by atoms with Crippen molar-refractivity contribution < 1.29 is 14.3 Å². The number of aliphatic hydroxyl groups is 1. The van der Waals surface area contributed by atoms with E-state index in [0.29, 0.717) is 16.1 Å². The van der Waals surface area contributed by atoms with Gasteiger partial charge in [-0.15, -0.1) is 0 Å². The number of amides is 1. The van der Waals surface area contributed by atoms with E-state index in [2.05, 4.69) is 5.32 Å². The van der Waals surface area contributed by atoms with Gasteiger partial charge in [0.05, 0.1) is 6.10 Å². The van der Waals surface area contributed by atoms with Crippen molar-refractivity contribution in [1.82, 2.24) is 0 Å². The lowest BCUT2D eigenvalue weighted by molar-refractivity contribution is -0.114. The third-order valence-electron chi connectivity index (χ3n) is 2.84. The van der Waals surface area contributed by atoms with Crippen molar-refractivity contribution in [2.24, 2.45) is 0 Å². The zero-order valence-corrected chi connectivity index (χ0v) is 12.6. The minimum atomic E-state index is -0.685. The van der Waals surface area contributed by atoms with Crippen LogP contribution in [-0.2, 0) is 4.79 Å². The molecule has 3 nitrogen and oxygen atoms in total. The Morgan fingerprint density at radius 1 is 1.24 bits per heavy atom. The summed E-state index contributed by atoms with van der Waals surface area (Å²) in [5, 5.41) is 12.1. The topological polar surface area (TPSA) is 49.3 Å². The van der Waals surface area contributed by atoms with Gasteiger partial charge < -0.3 is 10.4 Å². The van der Waals surface area contributed by atoms with Crippen LogP contribution in [0.15, 0.2) is 52.3 Å². The second-order valence-corrected chi connectivity index (χ2v) is 5.79. The average molecular weight is 305 g/mol. The van der Waals surface area contributed by atoms with E-state index in [-0.39, 0.29) is 11.7 Å². The molecule has 0 aromatic heterocycles. The van der Waals surface area contributed by atoms with E-state index >= 15 is 0 Å². The Labute approximate surface area is 127 Å². The minimum absolute atomic E-state index is 0.129. The van der Waals surface area contributed by atoms with E-state index in [4.69, 9.17) is 0 Å². The smallest absolute Gasteiger partial charge is 0.221 e. The molecule has 0 saturated carbocycles. The average Bonchev–Trinajstić information content (AvgIpc) is 2.42. The number of hydrogen-bond acceptors (Lipinski definition) is 3. The second-order valence-electron chi connectivity index (χ2n) is 4.67. The molecule has 0 bridgehead atoms. The van der Waals surface area contributed by atoms with Crippen molar-refractivity contribution in [3.63, 3.8) is 0 Å². The molecule has 0 fully saturated rings. The van der Waals surface area contributed by atoms with Crippen LogP contribution in [-0.4, -0.2) is 11.0 Å². The van der Waals surface area contributed by atoms with Crippen LogP contribution in [0.1, 0.15) is 25.5 Å². The number of aliphatic hydroxyl groups excluding tert-OH is 1. The van der Waals surface area contributed by atoms with Crippen LogP contribution in [0.25, 0.3) is 0 Å². The molecule has 21 heavy (non-hydrogen) atoms. The van der Waals surface area contributed by atoms with Crippen molar-refractivity contribution >= 4 is 23.4 Å². The molecule has 2 aromatic rings. The standard InChI is InChI=1S/C16H16FNO2S/c1-10(19)12-3-8-16(15(17)9-12)21-14-6-4-13(5-7-14)18-11(2)20/h3-10,19H,1-2H3,(H,18,20)/t10-/m1/s1. The van der Waals surface area contributed by atoms with Gasteiger partial charge in [-0.2, -0.15) is 0 Å². The Bertz CT molecular complexity index is 641. The maximum Gasteiger partial charge on any atom is 0.221 e. The zero-order chi connectivity index (χ0) is 15.4. The molecule has 0 aliphatic rings. The molecule has 0 aliphatic heterocycles. The fourth-order valence-electron chi connectivity index (χ4n) is 1.80. The molecule has 0 radical (unpaired) electrons. The van der Waals surface area contributed by atoms with Crippen LogP contribution < -0.4 is 5.32 Å². The van der Waals surface area contributed by atoms with E-state index < -0.39 is 6.10 Å². The fraction of sp³-hybridized carbons (Fsp3) is 0.188. The SMILES string of the molecule is CC(=O)Nc1ccc(Sc2ccc([C@@H](C)O)cc2F)cc1. The minimum Gasteiger partial charge on any atom is -0.389 e. The van der Waals surface area contributed by atoms with Crippen LogP contribution in [0.4, 0.5) is 10.1 Å². The van der Waals surface area contributed by atoms with E-state index in [1.807, 2.05) is 12.1 Å². The maximum absolute atomic E-state index is 14.0. The summed E-state index contributed by atoms with van der Waals surface area (Å²) in [6.07, 6.45) is -0.685. The molecule has 2 rings (SSSR count). The van der Waals surface area contributed by atoms with Crippen molar-refractivity contribution in [2.75, 3.05) is 5.32 Å². The van der Waals surface area contributed by atoms with E-state index in [0.717, 1.165) is 4.90 Å². The first-order chi connectivity index (χ1) is 9.95. The summed E-state index contributed by atoms with van der Waals surface area (Å²) in [7, 11) is 0. The van der Waals surface area contributed by atoms with Crippen LogP contribution in [0.2, 0.25) is 0 Å². The van der Waals surface area contributed by atoms with E-state index in [1.54, 1.807) is 31.2 Å². The van der Waals surface area contributed by atoms with Gasteiger partial charge in [0, 0.05) is 22.4 Å².